The summed E-state index contributed by atoms with van der Waals surface area (Å²) in [5, 5.41) is 8.90. The van der Waals surface area contributed by atoms with Crippen LogP contribution < -0.4 is 0 Å². The molecule has 5 heteroatoms. The highest BCUT2D eigenvalue weighted by Gasteiger charge is 2.42. The molecule has 1 aliphatic heterocycles. The van der Waals surface area contributed by atoms with E-state index >= 15 is 0 Å². The third-order valence-corrected chi connectivity index (χ3v) is 3.93. The van der Waals surface area contributed by atoms with Crippen molar-refractivity contribution in [2.75, 3.05) is 0 Å². The molecule has 2 aromatic carbocycles. The van der Waals surface area contributed by atoms with Crippen LogP contribution in [0.3, 0.4) is 0 Å². The second-order valence-electron chi connectivity index (χ2n) is 5.39. The number of hydrogen-bond acceptors (Lipinski definition) is 2. The first-order valence-corrected chi connectivity index (χ1v) is 7.14. The topological polar surface area (TPSA) is 46.5 Å². The molecule has 0 aliphatic carbocycles. The number of benzene rings is 2. The summed E-state index contributed by atoms with van der Waals surface area (Å²) >= 11 is 0. The van der Waals surface area contributed by atoms with E-state index in [1.165, 1.54) is 24.3 Å². The lowest BCUT2D eigenvalue weighted by atomic mass is 9.84. The molecule has 23 heavy (non-hydrogen) atoms. The largest absolute Gasteiger partial charge is 0.482 e. The molecular weight excluding hydrogens is 302 g/mol. The minimum absolute atomic E-state index is 0.339. The zero-order valence-corrected chi connectivity index (χ0v) is 12.1. The fraction of sp³-hybridized carbons (Fsp3) is 0.167. The zero-order valence-electron chi connectivity index (χ0n) is 12.1. The quantitative estimate of drug-likeness (QED) is 0.871. The van der Waals surface area contributed by atoms with Gasteiger partial charge in [-0.3, -0.25) is 0 Å². The Kier molecular flexibility index (Phi) is 3.86. The van der Waals surface area contributed by atoms with E-state index in [9.17, 15) is 13.6 Å². The second kappa shape index (κ2) is 5.83. The lowest BCUT2D eigenvalue weighted by Gasteiger charge is -2.30. The highest BCUT2D eigenvalue weighted by atomic mass is 19.1. The minimum atomic E-state index is -1.09. The number of aliphatic carboxylic acids is 1. The number of halogens is 2. The smallest absolute Gasteiger partial charge is 0.331 e. The molecule has 1 N–H and O–H groups in total. The zero-order chi connectivity index (χ0) is 16.4. The van der Waals surface area contributed by atoms with Crippen molar-refractivity contribution < 1.29 is 23.4 Å². The van der Waals surface area contributed by atoms with Gasteiger partial charge in [0.25, 0.3) is 0 Å². The van der Waals surface area contributed by atoms with Crippen LogP contribution in [0.15, 0.2) is 60.4 Å². The van der Waals surface area contributed by atoms with E-state index in [2.05, 4.69) is 0 Å². The summed E-state index contributed by atoms with van der Waals surface area (Å²) in [6.07, 6.45) is 1.94. The summed E-state index contributed by atoms with van der Waals surface area (Å²) in [6, 6.07) is 11.7. The van der Waals surface area contributed by atoms with Crippen molar-refractivity contribution in [3.8, 4) is 0 Å². The Morgan fingerprint density at radius 1 is 1.00 bits per heavy atom. The Morgan fingerprint density at radius 2 is 1.48 bits per heavy atom. The predicted molar refractivity (Wildman–Crippen MR) is 79.6 cm³/mol. The first-order chi connectivity index (χ1) is 11.0. The second-order valence-corrected chi connectivity index (χ2v) is 5.39. The molecule has 0 amide bonds. The summed E-state index contributed by atoms with van der Waals surface area (Å²) < 4.78 is 32.4. The summed E-state index contributed by atoms with van der Waals surface area (Å²) in [5.74, 6) is -1.50. The normalized spacial score (nSPS) is 17.9. The van der Waals surface area contributed by atoms with Crippen molar-refractivity contribution in [2.45, 2.75) is 18.4 Å². The highest BCUT2D eigenvalue weighted by Crippen LogP contribution is 2.46. The molecule has 0 atom stereocenters. The predicted octanol–water partition coefficient (Wildman–Crippen LogP) is 3.99. The molecule has 1 fully saturated rings. The van der Waals surface area contributed by atoms with Crippen molar-refractivity contribution >= 4 is 5.97 Å². The molecular formula is C18H14F2O3. The standard InChI is InChI=1S/C18H14F2O3/c19-14-5-1-12(2-6-14)18(13-3-7-15(20)8-4-13)10-9-16(23-18)11-17(21)22/h1-8,11H,9-10H2,(H,21,22)/b16-11-. The molecule has 1 aliphatic rings. The van der Waals surface area contributed by atoms with Gasteiger partial charge in [0.2, 0.25) is 0 Å². The average molecular weight is 316 g/mol. The molecule has 1 saturated heterocycles. The van der Waals surface area contributed by atoms with Crippen LogP contribution in [0, 0.1) is 11.6 Å². The van der Waals surface area contributed by atoms with Gasteiger partial charge in [-0.15, -0.1) is 0 Å². The number of carboxylic acids is 1. The Labute approximate surface area is 131 Å². The monoisotopic (exact) mass is 316 g/mol. The first-order valence-electron chi connectivity index (χ1n) is 7.14. The van der Waals surface area contributed by atoms with Gasteiger partial charge in [0.05, 0.1) is 6.08 Å². The Morgan fingerprint density at radius 3 is 1.91 bits per heavy atom. The number of hydrogen-bond donors (Lipinski definition) is 1. The van der Waals surface area contributed by atoms with Crippen molar-refractivity contribution in [1.29, 1.82) is 0 Å². The van der Waals surface area contributed by atoms with Gasteiger partial charge in [0.15, 0.2) is 5.60 Å². The summed E-state index contributed by atoms with van der Waals surface area (Å²) in [6.45, 7) is 0. The van der Waals surface area contributed by atoms with Crippen LogP contribution >= 0.6 is 0 Å². The molecule has 2 aromatic rings. The van der Waals surface area contributed by atoms with Crippen LogP contribution in [-0.4, -0.2) is 11.1 Å². The van der Waals surface area contributed by atoms with Gasteiger partial charge in [-0.05, 0) is 24.3 Å². The van der Waals surface area contributed by atoms with Crippen LogP contribution in [0.4, 0.5) is 8.78 Å². The average Bonchev–Trinajstić information content (AvgIpc) is 2.93. The van der Waals surface area contributed by atoms with Gasteiger partial charge in [-0.2, -0.15) is 0 Å². The van der Waals surface area contributed by atoms with E-state index in [-0.39, 0.29) is 11.6 Å². The van der Waals surface area contributed by atoms with Crippen LogP contribution in [0.1, 0.15) is 24.0 Å². The lowest BCUT2D eigenvalue weighted by Crippen LogP contribution is -2.26. The fourth-order valence-electron chi connectivity index (χ4n) is 2.88. The Hall–Kier alpha value is -2.69. The fourth-order valence-corrected chi connectivity index (χ4v) is 2.88. The molecule has 0 bridgehead atoms. The molecule has 0 unspecified atom stereocenters. The Bertz CT molecular complexity index is 703. The van der Waals surface area contributed by atoms with Crippen molar-refractivity contribution in [3.63, 3.8) is 0 Å². The van der Waals surface area contributed by atoms with Crippen molar-refractivity contribution in [1.82, 2.24) is 0 Å². The van der Waals surface area contributed by atoms with E-state index in [1.54, 1.807) is 24.3 Å². The number of allylic oxidation sites excluding steroid dienone is 1. The third kappa shape index (κ3) is 2.95. The number of ether oxygens (including phenoxy) is 1. The molecule has 118 valence electrons. The minimum Gasteiger partial charge on any atom is -0.482 e. The third-order valence-electron chi connectivity index (χ3n) is 3.93. The van der Waals surface area contributed by atoms with Gasteiger partial charge in [0.1, 0.15) is 17.4 Å². The maximum absolute atomic E-state index is 13.2. The van der Waals surface area contributed by atoms with E-state index < -0.39 is 11.6 Å². The van der Waals surface area contributed by atoms with Crippen LogP contribution in [0.25, 0.3) is 0 Å². The summed E-state index contributed by atoms with van der Waals surface area (Å²) in [7, 11) is 0. The van der Waals surface area contributed by atoms with Gasteiger partial charge in [0, 0.05) is 24.0 Å². The van der Waals surface area contributed by atoms with Gasteiger partial charge in [-0.25, -0.2) is 13.6 Å². The van der Waals surface area contributed by atoms with Crippen molar-refractivity contribution in [3.05, 3.63) is 83.1 Å². The first kappa shape index (κ1) is 15.2. The van der Waals surface area contributed by atoms with Gasteiger partial charge < -0.3 is 9.84 Å². The molecule has 1 heterocycles. The summed E-state index contributed by atoms with van der Waals surface area (Å²) in [4.78, 5) is 10.9. The lowest BCUT2D eigenvalue weighted by molar-refractivity contribution is -0.131. The van der Waals surface area contributed by atoms with E-state index in [0.29, 0.717) is 29.7 Å². The molecule has 3 nitrogen and oxygen atoms in total. The molecule has 0 radical (unpaired) electrons. The summed E-state index contributed by atoms with van der Waals surface area (Å²) in [5.41, 5.74) is 0.446. The van der Waals surface area contributed by atoms with E-state index in [4.69, 9.17) is 9.84 Å². The molecule has 0 spiro atoms. The van der Waals surface area contributed by atoms with Crippen LogP contribution in [-0.2, 0) is 15.1 Å². The molecule has 3 rings (SSSR count). The maximum Gasteiger partial charge on any atom is 0.331 e. The Balaban J connectivity index is 2.09. The van der Waals surface area contributed by atoms with E-state index in [0.717, 1.165) is 6.08 Å². The number of carboxylic acid groups (broad SMARTS) is 1. The SMILES string of the molecule is O=C(O)/C=C1/CCC(c2ccc(F)cc2)(c2ccc(F)cc2)O1. The molecule has 0 aromatic heterocycles. The number of carbonyl (C=O) groups is 1. The van der Waals surface area contributed by atoms with Crippen molar-refractivity contribution in [2.24, 2.45) is 0 Å². The highest BCUT2D eigenvalue weighted by molar-refractivity contribution is 5.80. The van der Waals surface area contributed by atoms with Gasteiger partial charge >= 0.3 is 5.97 Å². The van der Waals surface area contributed by atoms with Crippen LogP contribution in [0.2, 0.25) is 0 Å². The van der Waals surface area contributed by atoms with E-state index in [1.807, 2.05) is 0 Å². The van der Waals surface area contributed by atoms with Crippen LogP contribution in [0.5, 0.6) is 0 Å². The van der Waals surface area contributed by atoms with Gasteiger partial charge in [-0.1, -0.05) is 24.3 Å². The number of rotatable bonds is 3. The maximum atomic E-state index is 13.2. The molecule has 0 saturated carbocycles.